The van der Waals surface area contributed by atoms with E-state index in [0.29, 0.717) is 0 Å². The molecule has 0 radical (unpaired) electrons. The van der Waals surface area contributed by atoms with E-state index in [-0.39, 0.29) is 11.2 Å². The van der Waals surface area contributed by atoms with Crippen LogP contribution in [0.2, 0.25) is 0 Å². The SMILES string of the molecule is CC(=O)c1c(C)cc2c(c1C)C(C)=C(C)C2(C)C. The molecular formula is C17H22O. The lowest BCUT2D eigenvalue weighted by Crippen LogP contribution is -2.17. The summed E-state index contributed by atoms with van der Waals surface area (Å²) in [4.78, 5) is 11.8. The minimum Gasteiger partial charge on any atom is -0.294 e. The Balaban J connectivity index is 2.88. The second kappa shape index (κ2) is 3.81. The lowest BCUT2D eigenvalue weighted by atomic mass is 9.80. The van der Waals surface area contributed by atoms with Crippen LogP contribution in [0.3, 0.4) is 0 Å². The third-order valence-electron chi connectivity index (χ3n) is 4.67. The van der Waals surface area contributed by atoms with Gasteiger partial charge in [-0.1, -0.05) is 25.5 Å². The van der Waals surface area contributed by atoms with Crippen molar-refractivity contribution in [3.05, 3.63) is 39.5 Å². The van der Waals surface area contributed by atoms with Crippen LogP contribution < -0.4 is 0 Å². The van der Waals surface area contributed by atoms with E-state index in [4.69, 9.17) is 0 Å². The summed E-state index contributed by atoms with van der Waals surface area (Å²) in [7, 11) is 0. The van der Waals surface area contributed by atoms with Crippen LogP contribution in [-0.4, -0.2) is 5.78 Å². The van der Waals surface area contributed by atoms with E-state index >= 15 is 0 Å². The van der Waals surface area contributed by atoms with Crippen LogP contribution in [0.15, 0.2) is 11.6 Å². The van der Waals surface area contributed by atoms with Gasteiger partial charge in [-0.15, -0.1) is 0 Å². The molecular weight excluding hydrogens is 220 g/mol. The highest BCUT2D eigenvalue weighted by molar-refractivity contribution is 5.99. The Morgan fingerprint density at radius 1 is 1.11 bits per heavy atom. The molecule has 18 heavy (non-hydrogen) atoms. The van der Waals surface area contributed by atoms with Gasteiger partial charge in [-0.3, -0.25) is 4.79 Å². The highest BCUT2D eigenvalue weighted by Crippen LogP contribution is 2.48. The smallest absolute Gasteiger partial charge is 0.160 e. The van der Waals surface area contributed by atoms with Crippen LogP contribution >= 0.6 is 0 Å². The molecule has 0 amide bonds. The average Bonchev–Trinajstić information content (AvgIpc) is 2.40. The molecule has 1 heteroatoms. The number of benzene rings is 1. The summed E-state index contributed by atoms with van der Waals surface area (Å²) in [5.74, 6) is 0.169. The Hall–Kier alpha value is -1.37. The monoisotopic (exact) mass is 242 g/mol. The molecule has 0 bridgehead atoms. The summed E-state index contributed by atoms with van der Waals surface area (Å²) in [6.45, 7) is 14.7. The van der Waals surface area contributed by atoms with Crippen molar-refractivity contribution in [2.45, 2.75) is 53.9 Å². The molecule has 0 saturated heterocycles. The molecule has 96 valence electrons. The van der Waals surface area contributed by atoms with E-state index in [1.165, 1.54) is 22.3 Å². The fourth-order valence-electron chi connectivity index (χ4n) is 3.36. The number of carbonyl (C=O) groups is 1. The van der Waals surface area contributed by atoms with Gasteiger partial charge in [-0.25, -0.2) is 0 Å². The molecule has 2 rings (SSSR count). The highest BCUT2D eigenvalue weighted by Gasteiger charge is 2.35. The van der Waals surface area contributed by atoms with Gasteiger partial charge in [0.05, 0.1) is 0 Å². The molecule has 0 fully saturated rings. The van der Waals surface area contributed by atoms with Crippen LogP contribution in [0.4, 0.5) is 0 Å². The van der Waals surface area contributed by atoms with Gasteiger partial charge in [0.2, 0.25) is 0 Å². The molecule has 0 unspecified atom stereocenters. The fourth-order valence-corrected chi connectivity index (χ4v) is 3.36. The number of aryl methyl sites for hydroxylation is 1. The van der Waals surface area contributed by atoms with Gasteiger partial charge in [0.15, 0.2) is 5.78 Å². The van der Waals surface area contributed by atoms with E-state index in [1.807, 2.05) is 6.92 Å². The first-order valence-electron chi connectivity index (χ1n) is 6.53. The van der Waals surface area contributed by atoms with Gasteiger partial charge in [-0.05, 0) is 62.4 Å². The van der Waals surface area contributed by atoms with Crippen LogP contribution in [0.5, 0.6) is 0 Å². The van der Waals surface area contributed by atoms with Gasteiger partial charge >= 0.3 is 0 Å². The van der Waals surface area contributed by atoms with Crippen LogP contribution in [0.1, 0.15) is 67.2 Å². The van der Waals surface area contributed by atoms with E-state index in [1.54, 1.807) is 6.92 Å². The van der Waals surface area contributed by atoms with Gasteiger partial charge in [-0.2, -0.15) is 0 Å². The Labute approximate surface area is 110 Å². The number of Topliss-reactive ketones (excluding diaryl/α,β-unsaturated/α-hetero) is 1. The third-order valence-corrected chi connectivity index (χ3v) is 4.67. The predicted octanol–water partition coefficient (Wildman–Crippen LogP) is 4.59. The van der Waals surface area contributed by atoms with Crippen molar-refractivity contribution in [1.82, 2.24) is 0 Å². The maximum absolute atomic E-state index is 11.8. The Morgan fingerprint density at radius 2 is 1.67 bits per heavy atom. The summed E-state index contributed by atoms with van der Waals surface area (Å²) in [5, 5.41) is 0. The molecule has 1 aliphatic rings. The quantitative estimate of drug-likeness (QED) is 0.658. The van der Waals surface area contributed by atoms with Crippen molar-refractivity contribution in [2.75, 3.05) is 0 Å². The standard InChI is InChI=1S/C17H22O/c1-9-8-14-16(11(3)15(9)13(5)18)10(2)12(4)17(14,6)7/h8H,1-7H3. The lowest BCUT2D eigenvalue weighted by molar-refractivity contribution is 0.101. The molecule has 0 N–H and O–H groups in total. The van der Waals surface area contributed by atoms with Crippen molar-refractivity contribution >= 4 is 11.4 Å². The summed E-state index contributed by atoms with van der Waals surface area (Å²) >= 11 is 0. The van der Waals surface area contributed by atoms with E-state index in [9.17, 15) is 4.79 Å². The molecule has 1 aromatic carbocycles. The molecule has 0 saturated carbocycles. The van der Waals surface area contributed by atoms with E-state index in [0.717, 1.165) is 16.7 Å². The van der Waals surface area contributed by atoms with Crippen molar-refractivity contribution in [3.8, 4) is 0 Å². The molecule has 1 nitrogen and oxygen atoms in total. The van der Waals surface area contributed by atoms with Crippen molar-refractivity contribution < 1.29 is 4.79 Å². The summed E-state index contributed by atoms with van der Waals surface area (Å²) in [6, 6.07) is 2.21. The average molecular weight is 242 g/mol. The summed E-state index contributed by atoms with van der Waals surface area (Å²) < 4.78 is 0. The zero-order valence-corrected chi connectivity index (χ0v) is 12.5. The highest BCUT2D eigenvalue weighted by atomic mass is 16.1. The fraction of sp³-hybridized carbons (Fsp3) is 0.471. The minimum absolute atomic E-state index is 0.0876. The minimum atomic E-state index is 0.0876. The summed E-state index contributed by atoms with van der Waals surface area (Å²) in [6.07, 6.45) is 0. The maximum Gasteiger partial charge on any atom is 0.160 e. The Kier molecular flexibility index (Phi) is 2.77. The zero-order valence-electron chi connectivity index (χ0n) is 12.5. The van der Waals surface area contributed by atoms with E-state index in [2.05, 4.69) is 40.7 Å². The third kappa shape index (κ3) is 1.50. The van der Waals surface area contributed by atoms with E-state index < -0.39 is 0 Å². The zero-order chi connectivity index (χ0) is 13.8. The van der Waals surface area contributed by atoms with Crippen molar-refractivity contribution in [1.29, 1.82) is 0 Å². The van der Waals surface area contributed by atoms with Crippen LogP contribution in [0, 0.1) is 13.8 Å². The second-order valence-electron chi connectivity index (χ2n) is 6.05. The topological polar surface area (TPSA) is 17.1 Å². The first-order chi connectivity index (χ1) is 8.19. The van der Waals surface area contributed by atoms with Gasteiger partial charge in [0.25, 0.3) is 0 Å². The first-order valence-corrected chi connectivity index (χ1v) is 6.53. The molecule has 0 aromatic heterocycles. The molecule has 0 atom stereocenters. The molecule has 0 heterocycles. The largest absolute Gasteiger partial charge is 0.294 e. The second-order valence-corrected chi connectivity index (χ2v) is 6.05. The number of carbonyl (C=O) groups excluding carboxylic acids is 1. The number of fused-ring (bicyclic) bond motifs is 1. The van der Waals surface area contributed by atoms with Gasteiger partial charge < -0.3 is 0 Å². The van der Waals surface area contributed by atoms with Crippen molar-refractivity contribution in [3.63, 3.8) is 0 Å². The Morgan fingerprint density at radius 3 is 2.17 bits per heavy atom. The number of hydrogen-bond donors (Lipinski definition) is 0. The molecule has 1 aromatic rings. The number of rotatable bonds is 1. The Bertz CT molecular complexity index is 586. The molecule has 0 spiro atoms. The maximum atomic E-state index is 11.8. The number of allylic oxidation sites excluding steroid dienone is 2. The lowest BCUT2D eigenvalue weighted by Gasteiger charge is -2.24. The summed E-state index contributed by atoms with van der Waals surface area (Å²) in [5.41, 5.74) is 8.68. The van der Waals surface area contributed by atoms with Crippen molar-refractivity contribution in [2.24, 2.45) is 0 Å². The predicted molar refractivity (Wildman–Crippen MR) is 77.2 cm³/mol. The molecule has 0 aliphatic heterocycles. The molecule has 1 aliphatic carbocycles. The number of hydrogen-bond acceptors (Lipinski definition) is 1. The normalized spacial score (nSPS) is 17.1. The van der Waals surface area contributed by atoms with Gasteiger partial charge in [0, 0.05) is 11.0 Å². The first kappa shape index (κ1) is 13.1. The van der Waals surface area contributed by atoms with Crippen LogP contribution in [0.25, 0.3) is 5.57 Å². The van der Waals surface area contributed by atoms with Gasteiger partial charge in [0.1, 0.15) is 0 Å². The van der Waals surface area contributed by atoms with Crippen LogP contribution in [-0.2, 0) is 5.41 Å². The number of ketones is 1.